The standard InChI is InChI=1S/C20H18ClNO5/c1-12-8-16(13(2)22(12)10-15-4-3-7-26-15)19(24)11-27-20(25)17-9-14(21)5-6-18(17)23/h3-9,23H,10-11H2,1-2H3. The van der Waals surface area contributed by atoms with E-state index in [4.69, 9.17) is 20.8 Å². The maximum atomic E-state index is 12.5. The molecule has 27 heavy (non-hydrogen) atoms. The fourth-order valence-electron chi connectivity index (χ4n) is 2.84. The van der Waals surface area contributed by atoms with Crippen LogP contribution in [0, 0.1) is 13.8 Å². The van der Waals surface area contributed by atoms with Gasteiger partial charge in [0.2, 0.25) is 5.78 Å². The van der Waals surface area contributed by atoms with Gasteiger partial charge in [0, 0.05) is 22.0 Å². The molecule has 6 nitrogen and oxygen atoms in total. The molecule has 0 spiro atoms. The summed E-state index contributed by atoms with van der Waals surface area (Å²) < 4.78 is 12.4. The Bertz CT molecular complexity index is 988. The fourth-order valence-corrected chi connectivity index (χ4v) is 3.02. The second-order valence-electron chi connectivity index (χ2n) is 6.11. The van der Waals surface area contributed by atoms with Crippen molar-refractivity contribution < 1.29 is 23.8 Å². The van der Waals surface area contributed by atoms with Crippen molar-refractivity contribution in [3.05, 3.63) is 76.0 Å². The van der Waals surface area contributed by atoms with Gasteiger partial charge in [0.25, 0.3) is 0 Å². The number of aromatic hydroxyl groups is 1. The van der Waals surface area contributed by atoms with Crippen LogP contribution in [0.2, 0.25) is 5.02 Å². The number of furan rings is 1. The Labute approximate surface area is 160 Å². The number of phenols is 1. The van der Waals surface area contributed by atoms with Gasteiger partial charge in [-0.15, -0.1) is 0 Å². The van der Waals surface area contributed by atoms with Crippen molar-refractivity contribution in [3.8, 4) is 5.75 Å². The Hall–Kier alpha value is -2.99. The van der Waals surface area contributed by atoms with Gasteiger partial charge >= 0.3 is 5.97 Å². The van der Waals surface area contributed by atoms with E-state index in [1.165, 1.54) is 18.2 Å². The Morgan fingerprint density at radius 1 is 1.19 bits per heavy atom. The topological polar surface area (TPSA) is 81.7 Å². The zero-order valence-corrected chi connectivity index (χ0v) is 15.6. The van der Waals surface area contributed by atoms with E-state index >= 15 is 0 Å². The third-order valence-corrected chi connectivity index (χ3v) is 4.52. The number of hydrogen-bond donors (Lipinski definition) is 1. The SMILES string of the molecule is Cc1cc(C(=O)COC(=O)c2cc(Cl)ccc2O)c(C)n1Cc1ccco1. The van der Waals surface area contributed by atoms with Crippen molar-refractivity contribution in [3.63, 3.8) is 0 Å². The number of benzene rings is 1. The lowest BCUT2D eigenvalue weighted by Gasteiger charge is -2.08. The van der Waals surface area contributed by atoms with Crippen LogP contribution >= 0.6 is 11.6 Å². The molecule has 0 atom stereocenters. The van der Waals surface area contributed by atoms with E-state index in [-0.39, 0.29) is 22.1 Å². The number of nitrogens with zero attached hydrogens (tertiary/aromatic N) is 1. The van der Waals surface area contributed by atoms with Gasteiger partial charge in [-0.3, -0.25) is 4.79 Å². The molecule has 0 saturated heterocycles. The number of carbonyl (C=O) groups is 2. The summed E-state index contributed by atoms with van der Waals surface area (Å²) >= 11 is 5.82. The lowest BCUT2D eigenvalue weighted by Crippen LogP contribution is -2.15. The molecule has 0 aliphatic heterocycles. The van der Waals surface area contributed by atoms with Gasteiger partial charge in [0.15, 0.2) is 6.61 Å². The quantitative estimate of drug-likeness (QED) is 0.507. The molecule has 0 saturated carbocycles. The van der Waals surface area contributed by atoms with E-state index in [1.54, 1.807) is 18.4 Å². The maximum Gasteiger partial charge on any atom is 0.342 e. The first-order valence-electron chi connectivity index (χ1n) is 8.24. The van der Waals surface area contributed by atoms with Crippen molar-refractivity contribution >= 4 is 23.4 Å². The summed E-state index contributed by atoms with van der Waals surface area (Å²) in [6, 6.07) is 9.46. The van der Waals surface area contributed by atoms with Crippen LogP contribution in [-0.4, -0.2) is 28.0 Å². The molecular formula is C20H18ClNO5. The average Bonchev–Trinajstić information content (AvgIpc) is 3.25. The molecule has 0 unspecified atom stereocenters. The Morgan fingerprint density at radius 2 is 1.96 bits per heavy atom. The van der Waals surface area contributed by atoms with Gasteiger partial charge in [0.1, 0.15) is 17.1 Å². The Kier molecular flexibility index (Phi) is 5.37. The second-order valence-corrected chi connectivity index (χ2v) is 6.55. The number of ether oxygens (including phenoxy) is 1. The molecule has 0 aliphatic rings. The van der Waals surface area contributed by atoms with E-state index in [0.29, 0.717) is 12.1 Å². The van der Waals surface area contributed by atoms with Crippen LogP contribution in [0.5, 0.6) is 5.75 Å². The number of aromatic nitrogens is 1. The molecule has 2 aromatic heterocycles. The molecule has 0 amide bonds. The van der Waals surface area contributed by atoms with Crippen LogP contribution in [0.1, 0.15) is 37.9 Å². The minimum Gasteiger partial charge on any atom is -0.507 e. The number of esters is 1. The highest BCUT2D eigenvalue weighted by molar-refractivity contribution is 6.31. The fraction of sp³-hybridized carbons (Fsp3) is 0.200. The van der Waals surface area contributed by atoms with Gasteiger partial charge in [0.05, 0.1) is 12.8 Å². The number of halogens is 1. The molecule has 2 heterocycles. The number of Topliss-reactive ketones (excluding diaryl/α,β-unsaturated/α-hetero) is 1. The van der Waals surface area contributed by atoms with Gasteiger partial charge in [-0.2, -0.15) is 0 Å². The molecule has 1 aromatic carbocycles. The summed E-state index contributed by atoms with van der Waals surface area (Å²) in [6.45, 7) is 3.79. The number of rotatable bonds is 6. The minimum atomic E-state index is -0.812. The maximum absolute atomic E-state index is 12.5. The van der Waals surface area contributed by atoms with Gasteiger partial charge in [-0.1, -0.05) is 11.6 Å². The van der Waals surface area contributed by atoms with Crippen molar-refractivity contribution in [2.75, 3.05) is 6.61 Å². The zero-order valence-electron chi connectivity index (χ0n) is 14.9. The first-order chi connectivity index (χ1) is 12.9. The van der Waals surface area contributed by atoms with Crippen LogP contribution in [0.25, 0.3) is 0 Å². The summed E-state index contributed by atoms with van der Waals surface area (Å²) in [6.07, 6.45) is 1.60. The number of aryl methyl sites for hydroxylation is 1. The summed E-state index contributed by atoms with van der Waals surface area (Å²) in [7, 11) is 0. The summed E-state index contributed by atoms with van der Waals surface area (Å²) in [5.74, 6) is -0.622. The first kappa shape index (κ1) is 18.8. The molecule has 0 aliphatic carbocycles. The normalized spacial score (nSPS) is 10.8. The van der Waals surface area contributed by atoms with Gasteiger partial charge < -0.3 is 18.8 Å². The van der Waals surface area contributed by atoms with Crippen molar-refractivity contribution in [1.29, 1.82) is 0 Å². The average molecular weight is 388 g/mol. The van der Waals surface area contributed by atoms with Gasteiger partial charge in [-0.05, 0) is 50.2 Å². The van der Waals surface area contributed by atoms with Crippen LogP contribution < -0.4 is 0 Å². The van der Waals surface area contributed by atoms with Crippen LogP contribution in [0.3, 0.4) is 0 Å². The highest BCUT2D eigenvalue weighted by Gasteiger charge is 2.20. The number of phenolic OH excluding ortho intramolecular Hbond substituents is 1. The molecule has 3 aromatic rings. The summed E-state index contributed by atoms with van der Waals surface area (Å²) in [5, 5.41) is 10.0. The number of hydrogen-bond acceptors (Lipinski definition) is 5. The molecular weight excluding hydrogens is 370 g/mol. The monoisotopic (exact) mass is 387 g/mol. The van der Waals surface area contributed by atoms with E-state index in [9.17, 15) is 14.7 Å². The lowest BCUT2D eigenvalue weighted by molar-refractivity contribution is 0.0471. The van der Waals surface area contributed by atoms with Crippen molar-refractivity contribution in [1.82, 2.24) is 4.57 Å². The predicted octanol–water partition coefficient (Wildman–Crippen LogP) is 4.14. The number of carbonyl (C=O) groups excluding carboxylic acids is 2. The molecule has 0 bridgehead atoms. The first-order valence-corrected chi connectivity index (χ1v) is 8.62. The lowest BCUT2D eigenvalue weighted by atomic mass is 10.1. The molecule has 0 fully saturated rings. The van der Waals surface area contributed by atoms with Crippen LogP contribution in [-0.2, 0) is 11.3 Å². The Morgan fingerprint density at radius 3 is 2.67 bits per heavy atom. The highest BCUT2D eigenvalue weighted by atomic mass is 35.5. The van der Waals surface area contributed by atoms with Crippen molar-refractivity contribution in [2.45, 2.75) is 20.4 Å². The second kappa shape index (κ2) is 7.72. The van der Waals surface area contributed by atoms with E-state index in [1.807, 2.05) is 24.5 Å². The molecule has 7 heteroatoms. The van der Waals surface area contributed by atoms with E-state index in [2.05, 4.69) is 0 Å². The minimum absolute atomic E-state index is 0.0846. The third kappa shape index (κ3) is 4.06. The summed E-state index contributed by atoms with van der Waals surface area (Å²) in [5.41, 5.74) is 2.04. The van der Waals surface area contributed by atoms with Gasteiger partial charge in [-0.25, -0.2) is 4.79 Å². The molecule has 1 N–H and O–H groups in total. The van der Waals surface area contributed by atoms with Crippen LogP contribution in [0.4, 0.5) is 0 Å². The van der Waals surface area contributed by atoms with Crippen LogP contribution in [0.15, 0.2) is 47.1 Å². The highest BCUT2D eigenvalue weighted by Crippen LogP contribution is 2.23. The number of ketones is 1. The molecule has 0 radical (unpaired) electrons. The molecule has 3 rings (SSSR count). The predicted molar refractivity (Wildman–Crippen MR) is 99.4 cm³/mol. The van der Waals surface area contributed by atoms with Crippen molar-refractivity contribution in [2.24, 2.45) is 0 Å². The molecule has 140 valence electrons. The largest absolute Gasteiger partial charge is 0.507 e. The third-order valence-electron chi connectivity index (χ3n) is 4.28. The van der Waals surface area contributed by atoms with E-state index in [0.717, 1.165) is 17.1 Å². The smallest absolute Gasteiger partial charge is 0.342 e. The van der Waals surface area contributed by atoms with E-state index < -0.39 is 12.6 Å². The Balaban J connectivity index is 1.71. The zero-order chi connectivity index (χ0) is 19.6. The summed E-state index contributed by atoms with van der Waals surface area (Å²) in [4.78, 5) is 24.6.